The van der Waals surface area contributed by atoms with E-state index in [1.54, 1.807) is 0 Å². The summed E-state index contributed by atoms with van der Waals surface area (Å²) in [6.07, 6.45) is 7.42. The minimum Gasteiger partial charge on any atom is -0.455 e. The van der Waals surface area contributed by atoms with Crippen molar-refractivity contribution in [1.82, 2.24) is 30.0 Å². The molecule has 3 amide bonds. The topological polar surface area (TPSA) is 155 Å². The highest BCUT2D eigenvalue weighted by molar-refractivity contribution is 7.22. The zero-order valence-electron chi connectivity index (χ0n) is 43.1. The standard InChI is InChI=1S/C59H65N9O5S/c1-36-41(39-18-16-37(17-19-39)26-28-66-30-32-67(33-31-66)40-20-21-45-49(34-40)65(5)64-53(45)46-23-25-52(69)62-56(46)71)11-9-12-42(36)43-22-24-51(61-54(43)57(72)73-59(2,3)4)68-29-27-38-10-8-13-44(47(38)35-68)55(70)63-58-60-48-14-6-7-15-50(48)74-58/h6-15,20-22,24,34,37,39,46H,16-19,23,25-33,35H2,1-5H3,(H,60,63,70)(H,62,69,71). The number of fused-ring (bicyclic) bond motifs is 3. The third kappa shape index (κ3) is 10.2. The van der Waals surface area contributed by atoms with Crippen LogP contribution in [0, 0.1) is 12.8 Å². The molecule has 1 saturated carbocycles. The van der Waals surface area contributed by atoms with E-state index in [0.717, 1.165) is 101 Å². The van der Waals surface area contributed by atoms with Crippen LogP contribution in [0.1, 0.15) is 126 Å². The average Bonchev–Trinajstić information content (AvgIpc) is 3.96. The number of piperazine rings is 1. The lowest BCUT2D eigenvalue weighted by molar-refractivity contribution is -0.134. The summed E-state index contributed by atoms with van der Waals surface area (Å²) in [5.41, 5.74) is 10.3. The van der Waals surface area contributed by atoms with Crippen molar-refractivity contribution in [2.75, 3.05) is 54.4 Å². The second-order valence-corrected chi connectivity index (χ2v) is 22.7. The molecular weight excluding hydrogens is 947 g/mol. The van der Waals surface area contributed by atoms with Gasteiger partial charge >= 0.3 is 5.97 Å². The number of hydrogen-bond acceptors (Lipinski definition) is 12. The highest BCUT2D eigenvalue weighted by Crippen LogP contribution is 2.42. The van der Waals surface area contributed by atoms with Crippen LogP contribution in [0.3, 0.4) is 0 Å². The van der Waals surface area contributed by atoms with Gasteiger partial charge < -0.3 is 14.5 Å². The average molecular weight is 1010 g/mol. The van der Waals surface area contributed by atoms with Gasteiger partial charge in [0, 0.05) is 74.9 Å². The fraction of sp³-hybridized carbons (Fsp3) is 0.407. The zero-order valence-corrected chi connectivity index (χ0v) is 43.9. The summed E-state index contributed by atoms with van der Waals surface area (Å²) < 4.78 is 8.92. The van der Waals surface area contributed by atoms with Crippen LogP contribution in [0.2, 0.25) is 0 Å². The van der Waals surface area contributed by atoms with E-state index in [4.69, 9.17) is 14.8 Å². The largest absolute Gasteiger partial charge is 0.455 e. The van der Waals surface area contributed by atoms with Crippen molar-refractivity contribution >= 4 is 72.8 Å². The number of para-hydroxylation sites is 1. The van der Waals surface area contributed by atoms with E-state index in [-0.39, 0.29) is 17.7 Å². The van der Waals surface area contributed by atoms with Crippen molar-refractivity contribution in [2.24, 2.45) is 13.0 Å². The van der Waals surface area contributed by atoms with Crippen molar-refractivity contribution in [1.29, 1.82) is 0 Å². The molecule has 0 bridgehead atoms. The Bertz CT molecular complexity index is 3270. The van der Waals surface area contributed by atoms with Gasteiger partial charge in [0.05, 0.1) is 27.3 Å². The molecule has 2 N–H and O–H groups in total. The van der Waals surface area contributed by atoms with Crippen molar-refractivity contribution in [3.63, 3.8) is 0 Å². The molecule has 4 aliphatic rings. The lowest BCUT2D eigenvalue weighted by atomic mass is 9.75. The van der Waals surface area contributed by atoms with E-state index in [0.29, 0.717) is 60.0 Å². The number of benzene rings is 4. The molecule has 74 heavy (non-hydrogen) atoms. The monoisotopic (exact) mass is 1010 g/mol. The number of pyridine rings is 1. The van der Waals surface area contributed by atoms with Gasteiger partial charge in [-0.15, -0.1) is 0 Å². The quantitative estimate of drug-likeness (QED) is 0.0940. The number of aromatic nitrogens is 4. The number of imide groups is 1. The Morgan fingerprint density at radius 3 is 2.41 bits per heavy atom. The van der Waals surface area contributed by atoms with E-state index in [2.05, 4.69) is 79.7 Å². The second kappa shape index (κ2) is 20.4. The van der Waals surface area contributed by atoms with Gasteiger partial charge in [-0.2, -0.15) is 5.10 Å². The number of piperidine rings is 1. The highest BCUT2D eigenvalue weighted by Gasteiger charge is 2.33. The normalized spacial score (nSPS) is 19.7. The predicted molar refractivity (Wildman–Crippen MR) is 292 cm³/mol. The van der Waals surface area contributed by atoms with E-state index >= 15 is 0 Å². The molecule has 6 heterocycles. The molecule has 1 atom stereocenters. The summed E-state index contributed by atoms with van der Waals surface area (Å²) in [6.45, 7) is 14.1. The molecule has 3 aromatic heterocycles. The number of thiazole rings is 1. The molecule has 14 nitrogen and oxygen atoms in total. The first-order valence-electron chi connectivity index (χ1n) is 26.4. The minimum absolute atomic E-state index is 0.196. The Balaban J connectivity index is 0.727. The first-order chi connectivity index (χ1) is 35.7. The summed E-state index contributed by atoms with van der Waals surface area (Å²) >= 11 is 1.46. The molecule has 1 unspecified atom stereocenters. The number of nitrogens with one attached hydrogen (secondary N) is 2. The first kappa shape index (κ1) is 49.3. The Kier molecular flexibility index (Phi) is 13.6. The molecule has 1 aliphatic carbocycles. The third-order valence-corrected chi connectivity index (χ3v) is 16.8. The minimum atomic E-state index is -0.712. The summed E-state index contributed by atoms with van der Waals surface area (Å²) in [4.78, 5) is 69.4. The Labute approximate surface area is 436 Å². The number of carbonyl (C=O) groups excluding carboxylic acids is 4. The number of carbonyl (C=O) groups is 4. The third-order valence-electron chi connectivity index (χ3n) is 15.8. The number of esters is 1. The molecule has 0 radical (unpaired) electrons. The SMILES string of the molecule is Cc1c(-c2ccc(N3CCc4cccc(C(=O)Nc5nc6ccccc6s5)c4C3)nc2C(=O)OC(C)(C)C)cccc1C1CCC(CCN2CCN(c3ccc4c(C5CCC(=O)NC5=O)nn(C)c4c3)CC2)CC1. The van der Waals surface area contributed by atoms with Crippen LogP contribution >= 0.6 is 11.3 Å². The predicted octanol–water partition coefficient (Wildman–Crippen LogP) is 10.3. The fourth-order valence-corrected chi connectivity index (χ4v) is 12.7. The number of hydrogen-bond donors (Lipinski definition) is 2. The maximum Gasteiger partial charge on any atom is 0.358 e. The van der Waals surface area contributed by atoms with Crippen LogP contribution in [0.25, 0.3) is 32.2 Å². The van der Waals surface area contributed by atoms with Gasteiger partial charge in [-0.25, -0.2) is 14.8 Å². The smallest absolute Gasteiger partial charge is 0.358 e. The van der Waals surface area contributed by atoms with Crippen molar-refractivity contribution < 1.29 is 23.9 Å². The molecule has 3 fully saturated rings. The summed E-state index contributed by atoms with van der Waals surface area (Å²) in [7, 11) is 1.93. The van der Waals surface area contributed by atoms with Gasteiger partial charge in [-0.3, -0.25) is 34.6 Å². The number of ether oxygens (including phenoxy) is 1. The number of rotatable bonds is 11. The summed E-state index contributed by atoms with van der Waals surface area (Å²) in [6, 6.07) is 30.8. The summed E-state index contributed by atoms with van der Waals surface area (Å²) in [5, 5.41) is 11.8. The summed E-state index contributed by atoms with van der Waals surface area (Å²) in [5.74, 6) is 0.273. The maximum atomic E-state index is 14.2. The van der Waals surface area contributed by atoms with E-state index in [1.165, 1.54) is 47.4 Å². The van der Waals surface area contributed by atoms with Gasteiger partial charge in [0.2, 0.25) is 11.8 Å². The Hall–Kier alpha value is -6.97. The Morgan fingerprint density at radius 1 is 0.824 bits per heavy atom. The maximum absolute atomic E-state index is 14.2. The van der Waals surface area contributed by atoms with Crippen molar-refractivity contribution in [2.45, 2.75) is 103 Å². The molecule has 2 saturated heterocycles. The molecule has 15 heteroatoms. The number of nitrogens with zero attached hydrogens (tertiary/aromatic N) is 7. The van der Waals surface area contributed by atoms with Gasteiger partial charge in [-0.05, 0) is 167 Å². The van der Waals surface area contributed by atoms with Gasteiger partial charge in [0.1, 0.15) is 11.4 Å². The van der Waals surface area contributed by atoms with E-state index in [1.807, 2.05) is 81.0 Å². The molecule has 4 aromatic carbocycles. The zero-order chi connectivity index (χ0) is 51.3. The van der Waals surface area contributed by atoms with Crippen LogP contribution in [0.4, 0.5) is 16.6 Å². The van der Waals surface area contributed by atoms with Gasteiger partial charge in [-0.1, -0.05) is 53.8 Å². The van der Waals surface area contributed by atoms with Crippen LogP contribution in [-0.4, -0.2) is 93.2 Å². The second-order valence-electron chi connectivity index (χ2n) is 21.7. The lowest BCUT2D eigenvalue weighted by Gasteiger charge is -2.37. The van der Waals surface area contributed by atoms with Crippen LogP contribution in [0.5, 0.6) is 0 Å². The molecular formula is C59H65N9O5S. The number of aryl methyl sites for hydroxylation is 1. The highest BCUT2D eigenvalue weighted by atomic mass is 32.1. The lowest BCUT2D eigenvalue weighted by Crippen LogP contribution is -2.47. The van der Waals surface area contributed by atoms with Crippen molar-refractivity contribution in [3.8, 4) is 11.1 Å². The van der Waals surface area contributed by atoms with Crippen LogP contribution in [0.15, 0.2) is 91.0 Å². The molecule has 3 aliphatic heterocycles. The Morgan fingerprint density at radius 2 is 1.62 bits per heavy atom. The van der Waals surface area contributed by atoms with E-state index in [9.17, 15) is 19.2 Å². The van der Waals surface area contributed by atoms with Crippen LogP contribution in [-0.2, 0) is 34.3 Å². The molecule has 0 spiro atoms. The van der Waals surface area contributed by atoms with Crippen LogP contribution < -0.4 is 20.4 Å². The van der Waals surface area contributed by atoms with Gasteiger partial charge in [0.15, 0.2) is 10.8 Å². The first-order valence-corrected chi connectivity index (χ1v) is 27.2. The molecule has 382 valence electrons. The fourth-order valence-electron chi connectivity index (χ4n) is 11.8. The number of anilines is 3. The molecule has 11 rings (SSSR count). The number of amides is 3. The van der Waals surface area contributed by atoms with E-state index < -0.39 is 17.5 Å². The molecule has 7 aromatic rings. The van der Waals surface area contributed by atoms with Crippen molar-refractivity contribution in [3.05, 3.63) is 130 Å². The van der Waals surface area contributed by atoms with Gasteiger partial charge in [0.25, 0.3) is 5.91 Å².